The summed E-state index contributed by atoms with van der Waals surface area (Å²) in [5.41, 5.74) is -0.644. The van der Waals surface area contributed by atoms with Crippen LogP contribution in [-0.2, 0) is 6.18 Å². The van der Waals surface area contributed by atoms with Crippen molar-refractivity contribution in [3.05, 3.63) is 41.0 Å². The molecule has 0 amide bonds. The summed E-state index contributed by atoms with van der Waals surface area (Å²) >= 11 is 5.58. The van der Waals surface area contributed by atoms with Crippen molar-refractivity contribution < 1.29 is 13.2 Å². The van der Waals surface area contributed by atoms with Gasteiger partial charge in [-0.1, -0.05) is 18.5 Å². The predicted octanol–water partition coefficient (Wildman–Crippen LogP) is 4.71. The largest absolute Gasteiger partial charge is 0.417 e. The maximum atomic E-state index is 12.8. The van der Waals surface area contributed by atoms with Gasteiger partial charge in [-0.2, -0.15) is 18.2 Å². The number of nitrogens with zero attached hydrogens (tertiary/aromatic N) is 2. The molecule has 0 aliphatic heterocycles. The normalized spacial score (nSPS) is 11.3. The Bertz CT molecular complexity index is 646. The fourth-order valence-corrected chi connectivity index (χ4v) is 1.94. The van der Waals surface area contributed by atoms with Crippen molar-refractivity contribution in [1.82, 2.24) is 9.97 Å². The van der Waals surface area contributed by atoms with Crippen LogP contribution in [-0.4, -0.2) is 16.5 Å². The van der Waals surface area contributed by atoms with Gasteiger partial charge in [0.2, 0.25) is 5.95 Å². The topological polar surface area (TPSA) is 49.8 Å². The van der Waals surface area contributed by atoms with Crippen LogP contribution in [0.1, 0.15) is 18.9 Å². The number of hydrogen-bond donors (Lipinski definition) is 2. The molecule has 2 aromatic rings. The van der Waals surface area contributed by atoms with E-state index in [2.05, 4.69) is 20.6 Å². The van der Waals surface area contributed by atoms with Gasteiger partial charge in [-0.15, -0.1) is 0 Å². The van der Waals surface area contributed by atoms with Crippen molar-refractivity contribution in [3.63, 3.8) is 0 Å². The van der Waals surface area contributed by atoms with Crippen LogP contribution in [0.3, 0.4) is 0 Å². The molecule has 0 unspecified atom stereocenters. The summed E-state index contributed by atoms with van der Waals surface area (Å²) in [4.78, 5) is 8.20. The minimum absolute atomic E-state index is 0.247. The quantitative estimate of drug-likeness (QED) is 0.833. The van der Waals surface area contributed by atoms with Gasteiger partial charge in [0, 0.05) is 18.4 Å². The van der Waals surface area contributed by atoms with Crippen molar-refractivity contribution >= 4 is 29.1 Å². The summed E-state index contributed by atoms with van der Waals surface area (Å²) < 4.78 is 38.5. The Balaban J connectivity index is 2.20. The van der Waals surface area contributed by atoms with Crippen molar-refractivity contribution in [2.24, 2.45) is 0 Å². The standard InChI is InChI=1S/C14H14ClF3N4/c1-2-6-19-13-20-7-5-12(22-13)21-9-3-4-11(15)10(8-9)14(16,17)18/h3-5,7-8H,2,6H2,1H3,(H2,19,20,21,22). The van der Waals surface area contributed by atoms with Crippen molar-refractivity contribution in [3.8, 4) is 0 Å². The van der Waals surface area contributed by atoms with Crippen LogP contribution in [0, 0.1) is 0 Å². The Labute approximate surface area is 130 Å². The van der Waals surface area contributed by atoms with E-state index in [4.69, 9.17) is 11.6 Å². The van der Waals surface area contributed by atoms with Gasteiger partial charge < -0.3 is 10.6 Å². The van der Waals surface area contributed by atoms with Crippen LogP contribution in [0.5, 0.6) is 0 Å². The Morgan fingerprint density at radius 2 is 2.00 bits per heavy atom. The first kappa shape index (κ1) is 16.4. The second-order valence-electron chi connectivity index (χ2n) is 4.51. The SMILES string of the molecule is CCCNc1nccc(Nc2ccc(Cl)c(C(F)(F)F)c2)n1. The third kappa shape index (κ3) is 4.24. The Morgan fingerprint density at radius 1 is 1.23 bits per heavy atom. The molecule has 1 aromatic carbocycles. The first-order valence-corrected chi connectivity index (χ1v) is 6.98. The molecule has 0 radical (unpaired) electrons. The van der Waals surface area contributed by atoms with Gasteiger partial charge in [0.05, 0.1) is 10.6 Å². The minimum Gasteiger partial charge on any atom is -0.354 e. The van der Waals surface area contributed by atoms with Gasteiger partial charge in [0.1, 0.15) is 5.82 Å². The van der Waals surface area contributed by atoms with Crippen molar-refractivity contribution in [2.75, 3.05) is 17.2 Å². The number of benzene rings is 1. The lowest BCUT2D eigenvalue weighted by Crippen LogP contribution is -2.07. The molecule has 22 heavy (non-hydrogen) atoms. The summed E-state index contributed by atoms with van der Waals surface area (Å²) in [6.07, 6.45) is -2.07. The van der Waals surface area contributed by atoms with Gasteiger partial charge in [0.15, 0.2) is 0 Å². The molecule has 118 valence electrons. The highest BCUT2D eigenvalue weighted by atomic mass is 35.5. The number of aromatic nitrogens is 2. The first-order valence-electron chi connectivity index (χ1n) is 6.61. The second kappa shape index (κ2) is 6.83. The monoisotopic (exact) mass is 330 g/mol. The van der Waals surface area contributed by atoms with E-state index >= 15 is 0 Å². The fourth-order valence-electron chi connectivity index (χ4n) is 1.72. The molecule has 1 aromatic heterocycles. The molecule has 0 bridgehead atoms. The van der Waals surface area contributed by atoms with Crippen molar-refractivity contribution in [2.45, 2.75) is 19.5 Å². The first-order chi connectivity index (χ1) is 10.4. The molecule has 0 saturated heterocycles. The van der Waals surface area contributed by atoms with Gasteiger partial charge in [-0.05, 0) is 30.7 Å². The highest BCUT2D eigenvalue weighted by molar-refractivity contribution is 6.31. The van der Waals surface area contributed by atoms with E-state index in [1.165, 1.54) is 18.3 Å². The third-order valence-electron chi connectivity index (χ3n) is 2.73. The maximum Gasteiger partial charge on any atom is 0.417 e. The van der Waals surface area contributed by atoms with Crippen molar-refractivity contribution in [1.29, 1.82) is 0 Å². The van der Waals surface area contributed by atoms with E-state index in [1.807, 2.05) is 6.92 Å². The number of halogens is 4. The van der Waals surface area contributed by atoms with E-state index in [-0.39, 0.29) is 10.7 Å². The minimum atomic E-state index is -4.51. The second-order valence-corrected chi connectivity index (χ2v) is 4.92. The molecule has 8 heteroatoms. The van der Waals surface area contributed by atoms with E-state index in [9.17, 15) is 13.2 Å². The Kier molecular flexibility index (Phi) is 5.07. The number of hydrogen-bond acceptors (Lipinski definition) is 4. The lowest BCUT2D eigenvalue weighted by atomic mass is 10.2. The summed E-state index contributed by atoms with van der Waals surface area (Å²) in [6.45, 7) is 2.71. The van der Waals surface area contributed by atoms with Crippen LogP contribution in [0.4, 0.5) is 30.6 Å². The van der Waals surface area contributed by atoms with Crippen LogP contribution < -0.4 is 10.6 Å². The van der Waals surface area contributed by atoms with Gasteiger partial charge >= 0.3 is 6.18 Å². The van der Waals surface area contributed by atoms with E-state index in [0.717, 1.165) is 12.5 Å². The molecule has 0 fully saturated rings. The summed E-state index contributed by atoms with van der Waals surface area (Å²) in [5.74, 6) is 0.806. The number of nitrogens with one attached hydrogen (secondary N) is 2. The van der Waals surface area contributed by atoms with Crippen LogP contribution >= 0.6 is 11.6 Å². The van der Waals surface area contributed by atoms with Gasteiger partial charge in [-0.3, -0.25) is 0 Å². The molecule has 4 nitrogen and oxygen atoms in total. The molecule has 2 N–H and O–H groups in total. The summed E-state index contributed by atoms with van der Waals surface area (Å²) in [5, 5.41) is 5.47. The van der Waals surface area contributed by atoms with Crippen LogP contribution in [0.15, 0.2) is 30.5 Å². The number of rotatable bonds is 5. The number of anilines is 3. The number of alkyl halides is 3. The lowest BCUT2D eigenvalue weighted by Gasteiger charge is -2.12. The Hall–Kier alpha value is -2.02. The summed E-state index contributed by atoms with van der Waals surface area (Å²) in [7, 11) is 0. The highest BCUT2D eigenvalue weighted by Crippen LogP contribution is 2.36. The Morgan fingerprint density at radius 3 is 2.68 bits per heavy atom. The average molecular weight is 331 g/mol. The zero-order valence-corrected chi connectivity index (χ0v) is 12.5. The third-order valence-corrected chi connectivity index (χ3v) is 3.06. The molecule has 0 atom stereocenters. The van der Waals surface area contributed by atoms with E-state index in [1.54, 1.807) is 6.07 Å². The lowest BCUT2D eigenvalue weighted by molar-refractivity contribution is -0.137. The van der Waals surface area contributed by atoms with Crippen LogP contribution in [0.25, 0.3) is 0 Å². The molecule has 0 saturated carbocycles. The fraction of sp³-hybridized carbons (Fsp3) is 0.286. The zero-order chi connectivity index (χ0) is 16.2. The smallest absolute Gasteiger partial charge is 0.354 e. The van der Waals surface area contributed by atoms with E-state index < -0.39 is 11.7 Å². The van der Waals surface area contributed by atoms with E-state index in [0.29, 0.717) is 18.3 Å². The molecule has 0 spiro atoms. The molecule has 2 rings (SSSR count). The molecular formula is C14H14ClF3N4. The molecule has 0 aliphatic rings. The molecular weight excluding hydrogens is 317 g/mol. The summed E-state index contributed by atoms with van der Waals surface area (Å²) in [6, 6.07) is 5.17. The maximum absolute atomic E-state index is 12.8. The molecule has 1 heterocycles. The average Bonchev–Trinajstić information content (AvgIpc) is 2.46. The highest BCUT2D eigenvalue weighted by Gasteiger charge is 2.33. The zero-order valence-electron chi connectivity index (χ0n) is 11.7. The van der Waals surface area contributed by atoms with Gasteiger partial charge in [0.25, 0.3) is 0 Å². The predicted molar refractivity (Wildman–Crippen MR) is 80.5 cm³/mol. The molecule has 0 aliphatic carbocycles. The van der Waals surface area contributed by atoms with Crippen LogP contribution in [0.2, 0.25) is 5.02 Å². The van der Waals surface area contributed by atoms with Gasteiger partial charge in [-0.25, -0.2) is 4.98 Å².